The van der Waals surface area contributed by atoms with Crippen LogP contribution in [0.15, 0.2) is 42.6 Å². The second-order valence-corrected chi connectivity index (χ2v) is 5.83. The number of halogens is 3. The van der Waals surface area contributed by atoms with Crippen LogP contribution < -0.4 is 11.1 Å². The summed E-state index contributed by atoms with van der Waals surface area (Å²) in [6.07, 6.45) is -3.40. The number of hydrogen-bond acceptors (Lipinski definition) is 5. The van der Waals surface area contributed by atoms with E-state index in [1.807, 2.05) is 31.3 Å². The van der Waals surface area contributed by atoms with Crippen molar-refractivity contribution in [2.24, 2.45) is 5.73 Å². The van der Waals surface area contributed by atoms with Gasteiger partial charge in [-0.15, -0.1) is 0 Å². The molecule has 3 rings (SSSR count). The predicted octanol–water partition coefficient (Wildman–Crippen LogP) is 2.18. The molecule has 0 aliphatic heterocycles. The Balaban J connectivity index is 0.000000370. The molecule has 11 heteroatoms. The molecule has 0 spiro atoms. The Kier molecular flexibility index (Phi) is 6.44. The van der Waals surface area contributed by atoms with Gasteiger partial charge in [0, 0.05) is 12.7 Å². The average Bonchev–Trinajstić information content (AvgIpc) is 3.08. The van der Waals surface area contributed by atoms with E-state index in [-0.39, 0.29) is 5.75 Å². The van der Waals surface area contributed by atoms with Crippen molar-refractivity contribution in [3.05, 3.63) is 53.7 Å². The Bertz CT molecular complexity index is 1030. The molecule has 0 saturated carbocycles. The molecule has 154 valence electrons. The third-order valence-corrected chi connectivity index (χ3v) is 3.74. The minimum atomic E-state index is -5.08. The van der Waals surface area contributed by atoms with E-state index in [1.165, 1.54) is 12.1 Å². The Morgan fingerprint density at radius 2 is 1.76 bits per heavy atom. The van der Waals surface area contributed by atoms with Gasteiger partial charge in [0.2, 0.25) is 0 Å². The summed E-state index contributed by atoms with van der Waals surface area (Å²) < 4.78 is 33.4. The molecule has 8 nitrogen and oxygen atoms in total. The molecular formula is C18H17F3N4O4. The summed E-state index contributed by atoms with van der Waals surface area (Å²) >= 11 is 0. The largest absolute Gasteiger partial charge is 0.507 e. The van der Waals surface area contributed by atoms with E-state index in [4.69, 9.17) is 15.6 Å². The molecule has 0 aliphatic rings. The quantitative estimate of drug-likeness (QED) is 0.522. The molecule has 1 aromatic heterocycles. The van der Waals surface area contributed by atoms with Crippen molar-refractivity contribution in [3.8, 4) is 11.4 Å². The molecule has 0 aliphatic carbocycles. The number of phenols is 1. The lowest BCUT2D eigenvalue weighted by Crippen LogP contribution is -2.21. The Morgan fingerprint density at radius 1 is 1.17 bits per heavy atom. The number of hydrogen-bond donors (Lipinski definition) is 4. The third kappa shape index (κ3) is 5.23. The summed E-state index contributed by atoms with van der Waals surface area (Å²) in [6, 6.07) is 10.8. The summed E-state index contributed by atoms with van der Waals surface area (Å²) in [7, 11) is 1.89. The number of primary amides is 1. The fourth-order valence-corrected chi connectivity index (χ4v) is 2.39. The molecule has 0 radical (unpaired) electrons. The van der Waals surface area contributed by atoms with Crippen molar-refractivity contribution in [2.75, 3.05) is 7.05 Å². The summed E-state index contributed by atoms with van der Waals surface area (Å²) in [5.74, 6) is -3.26. The van der Waals surface area contributed by atoms with Crippen LogP contribution in [0, 0.1) is 0 Å². The van der Waals surface area contributed by atoms with Crippen molar-refractivity contribution in [1.29, 1.82) is 0 Å². The first kappa shape index (κ1) is 21.7. The number of alkyl halides is 3. The first-order valence-electron chi connectivity index (χ1n) is 8.09. The topological polar surface area (TPSA) is 130 Å². The van der Waals surface area contributed by atoms with Crippen molar-refractivity contribution < 1.29 is 33.0 Å². The van der Waals surface area contributed by atoms with Crippen molar-refractivity contribution in [1.82, 2.24) is 15.1 Å². The van der Waals surface area contributed by atoms with Crippen LogP contribution in [0.5, 0.6) is 5.75 Å². The van der Waals surface area contributed by atoms with E-state index < -0.39 is 18.1 Å². The minimum absolute atomic E-state index is 0.0676. The molecule has 3 aromatic rings. The summed E-state index contributed by atoms with van der Waals surface area (Å²) in [5, 5.41) is 25.0. The minimum Gasteiger partial charge on any atom is -0.507 e. The van der Waals surface area contributed by atoms with Crippen LogP contribution in [0.2, 0.25) is 0 Å². The highest BCUT2D eigenvalue weighted by molar-refractivity contribution is 6.06. The third-order valence-electron chi connectivity index (χ3n) is 3.74. The molecule has 0 fully saturated rings. The van der Waals surface area contributed by atoms with Gasteiger partial charge in [0.15, 0.2) is 0 Å². The number of benzene rings is 2. The van der Waals surface area contributed by atoms with Gasteiger partial charge < -0.3 is 21.3 Å². The van der Waals surface area contributed by atoms with Gasteiger partial charge in [-0.3, -0.25) is 4.79 Å². The van der Waals surface area contributed by atoms with Gasteiger partial charge in [-0.05, 0) is 36.9 Å². The van der Waals surface area contributed by atoms with Crippen molar-refractivity contribution in [3.63, 3.8) is 0 Å². The first-order valence-corrected chi connectivity index (χ1v) is 8.09. The molecule has 1 amide bonds. The van der Waals surface area contributed by atoms with Gasteiger partial charge in [-0.2, -0.15) is 18.3 Å². The monoisotopic (exact) mass is 410 g/mol. The molecule has 0 bridgehead atoms. The van der Waals surface area contributed by atoms with Gasteiger partial charge >= 0.3 is 12.1 Å². The molecule has 0 atom stereocenters. The van der Waals surface area contributed by atoms with Crippen LogP contribution in [-0.2, 0) is 11.3 Å². The SMILES string of the molecule is CNCc1ccc(-n2cc3c(O)ccc(C(N)=O)c3n2)cc1.O=C(O)C(F)(F)F. The van der Waals surface area contributed by atoms with Crippen molar-refractivity contribution in [2.45, 2.75) is 12.7 Å². The van der Waals surface area contributed by atoms with Crippen LogP contribution >= 0.6 is 0 Å². The summed E-state index contributed by atoms with van der Waals surface area (Å²) in [6.45, 7) is 0.786. The van der Waals surface area contributed by atoms with E-state index in [9.17, 15) is 23.1 Å². The summed E-state index contributed by atoms with van der Waals surface area (Å²) in [5.41, 5.74) is 8.03. The average molecular weight is 410 g/mol. The number of nitrogens with one attached hydrogen (secondary N) is 1. The number of amides is 1. The van der Waals surface area contributed by atoms with E-state index in [2.05, 4.69) is 10.4 Å². The lowest BCUT2D eigenvalue weighted by molar-refractivity contribution is -0.192. The fourth-order valence-electron chi connectivity index (χ4n) is 2.39. The van der Waals surface area contributed by atoms with Gasteiger partial charge in [-0.1, -0.05) is 12.1 Å². The number of nitrogens with two attached hydrogens (primary N) is 1. The highest BCUT2D eigenvalue weighted by Crippen LogP contribution is 2.27. The lowest BCUT2D eigenvalue weighted by Gasteiger charge is -2.03. The highest BCUT2D eigenvalue weighted by atomic mass is 19.4. The number of aliphatic carboxylic acids is 1. The number of rotatable bonds is 4. The normalized spacial score (nSPS) is 11.0. The second kappa shape index (κ2) is 8.61. The number of fused-ring (bicyclic) bond motifs is 1. The van der Waals surface area contributed by atoms with E-state index >= 15 is 0 Å². The molecule has 5 N–H and O–H groups in total. The molecule has 2 aromatic carbocycles. The Morgan fingerprint density at radius 3 is 2.24 bits per heavy atom. The van der Waals surface area contributed by atoms with Crippen molar-refractivity contribution >= 4 is 22.8 Å². The van der Waals surface area contributed by atoms with Crippen LogP contribution in [0.3, 0.4) is 0 Å². The number of phenolic OH excluding ortho intramolecular Hbond substituents is 1. The molecular weight excluding hydrogens is 393 g/mol. The van der Waals surface area contributed by atoms with Gasteiger partial charge in [-0.25, -0.2) is 9.48 Å². The molecule has 0 unspecified atom stereocenters. The highest BCUT2D eigenvalue weighted by Gasteiger charge is 2.38. The van der Waals surface area contributed by atoms with E-state index in [1.54, 1.807) is 10.9 Å². The fraction of sp³-hybridized carbons (Fsp3) is 0.167. The number of carbonyl (C=O) groups excluding carboxylic acids is 1. The van der Waals surface area contributed by atoms with E-state index in [0.29, 0.717) is 16.5 Å². The molecule has 29 heavy (non-hydrogen) atoms. The maximum Gasteiger partial charge on any atom is 0.490 e. The van der Waals surface area contributed by atoms with Crippen LogP contribution in [0.1, 0.15) is 15.9 Å². The van der Waals surface area contributed by atoms with Crippen LogP contribution in [0.4, 0.5) is 13.2 Å². The number of carboxylic acids is 1. The molecule has 1 heterocycles. The maximum atomic E-state index is 11.5. The predicted molar refractivity (Wildman–Crippen MR) is 97.7 cm³/mol. The number of aromatic nitrogens is 2. The van der Waals surface area contributed by atoms with Gasteiger partial charge in [0.25, 0.3) is 5.91 Å². The Labute approximate surface area is 162 Å². The zero-order valence-corrected chi connectivity index (χ0v) is 15.1. The summed E-state index contributed by atoms with van der Waals surface area (Å²) in [4.78, 5) is 20.4. The smallest absolute Gasteiger partial charge is 0.490 e. The maximum absolute atomic E-state index is 11.5. The van der Waals surface area contributed by atoms with Crippen LogP contribution in [0.25, 0.3) is 16.6 Å². The zero-order valence-electron chi connectivity index (χ0n) is 15.1. The standard InChI is InChI=1S/C16H16N4O2.C2HF3O2/c1-18-8-10-2-4-11(5-3-10)20-9-13-14(21)7-6-12(16(17)22)15(13)19-20;3-2(4,5)1(6)7/h2-7,9,18,21H,8H2,1H3,(H2,17,22);(H,6,7). The molecule has 0 saturated heterocycles. The van der Waals surface area contributed by atoms with Gasteiger partial charge in [0.1, 0.15) is 11.3 Å². The number of carbonyl (C=O) groups is 2. The lowest BCUT2D eigenvalue weighted by atomic mass is 10.1. The zero-order chi connectivity index (χ0) is 21.8. The van der Waals surface area contributed by atoms with Gasteiger partial charge in [0.05, 0.1) is 16.6 Å². The van der Waals surface area contributed by atoms with E-state index in [0.717, 1.165) is 17.8 Å². The Hall–Kier alpha value is -3.60. The number of carboxylic acid groups (broad SMARTS) is 1. The first-order chi connectivity index (χ1) is 13.5. The number of nitrogens with zero attached hydrogens (tertiary/aromatic N) is 2. The number of aromatic hydroxyl groups is 1. The van der Waals surface area contributed by atoms with Crippen LogP contribution in [-0.4, -0.2) is 45.1 Å². The second-order valence-electron chi connectivity index (χ2n) is 5.83.